The second-order valence-corrected chi connectivity index (χ2v) is 7.57. The van der Waals surface area contributed by atoms with E-state index in [1.54, 1.807) is 0 Å². The Labute approximate surface area is 187 Å². The molecule has 1 atom stereocenters. The number of ether oxygens (including phenoxy) is 1. The van der Waals surface area contributed by atoms with Gasteiger partial charge in [0.05, 0.1) is 6.10 Å². The number of rotatable bonds is 11. The second-order valence-electron chi connectivity index (χ2n) is 7.57. The summed E-state index contributed by atoms with van der Waals surface area (Å²) in [6.45, 7) is 7.85. The van der Waals surface area contributed by atoms with E-state index in [9.17, 15) is 5.11 Å². The first kappa shape index (κ1) is 25.2. The predicted molar refractivity (Wildman–Crippen MR) is 128 cm³/mol. The van der Waals surface area contributed by atoms with Crippen LogP contribution in [-0.2, 0) is 11.2 Å². The Kier molecular flexibility index (Phi) is 12.7. The number of aliphatic hydroxyl groups is 1. The quantitative estimate of drug-likeness (QED) is 0.186. The van der Waals surface area contributed by atoms with Crippen molar-refractivity contribution in [3.8, 4) is 0 Å². The van der Waals surface area contributed by atoms with Crippen molar-refractivity contribution in [2.45, 2.75) is 58.5 Å². The Balaban J connectivity index is 0.00000392. The van der Waals surface area contributed by atoms with E-state index in [0.29, 0.717) is 13.0 Å². The molecule has 5 nitrogen and oxygen atoms in total. The lowest BCUT2D eigenvalue weighted by Crippen LogP contribution is -2.42. The summed E-state index contributed by atoms with van der Waals surface area (Å²) >= 11 is 0. The van der Waals surface area contributed by atoms with Gasteiger partial charge in [-0.2, -0.15) is 0 Å². The van der Waals surface area contributed by atoms with Crippen molar-refractivity contribution in [1.29, 1.82) is 0 Å². The van der Waals surface area contributed by atoms with Crippen LogP contribution in [0.3, 0.4) is 0 Å². The van der Waals surface area contributed by atoms with E-state index in [-0.39, 0.29) is 29.4 Å². The summed E-state index contributed by atoms with van der Waals surface area (Å²) in [5.74, 6) is 0.798. The first-order chi connectivity index (χ1) is 13.2. The van der Waals surface area contributed by atoms with Gasteiger partial charge in [0.15, 0.2) is 5.96 Å². The lowest BCUT2D eigenvalue weighted by molar-refractivity contribution is 0.107. The van der Waals surface area contributed by atoms with Crippen molar-refractivity contribution in [2.75, 3.05) is 32.8 Å². The third-order valence-electron chi connectivity index (χ3n) is 5.38. The van der Waals surface area contributed by atoms with Gasteiger partial charge in [0.2, 0.25) is 0 Å². The molecule has 2 rings (SSSR count). The molecule has 0 aromatic heterocycles. The number of nitrogens with one attached hydrogen (secondary N) is 2. The molecule has 160 valence electrons. The Morgan fingerprint density at radius 2 is 1.89 bits per heavy atom. The Bertz CT molecular complexity index is 548. The molecule has 0 spiro atoms. The Hall–Kier alpha value is -0.860. The number of aliphatic hydroxyl groups excluding tert-OH is 1. The van der Waals surface area contributed by atoms with E-state index in [1.807, 2.05) is 37.3 Å². The molecule has 1 aliphatic rings. The highest BCUT2D eigenvalue weighted by Crippen LogP contribution is 2.41. The smallest absolute Gasteiger partial charge is 0.191 e. The number of halogens is 1. The molecule has 28 heavy (non-hydrogen) atoms. The molecule has 0 bridgehead atoms. The van der Waals surface area contributed by atoms with Crippen LogP contribution in [0.4, 0.5) is 0 Å². The molecule has 1 aliphatic carbocycles. The van der Waals surface area contributed by atoms with Gasteiger partial charge in [-0.3, -0.25) is 4.99 Å². The molecule has 1 aromatic rings. The SMILES string of the molecule is CCNC(=NCC1(CCOCC)CCCC1)NCC(O)Cc1ccccc1.I. The van der Waals surface area contributed by atoms with Crippen LogP contribution in [0.5, 0.6) is 0 Å². The Morgan fingerprint density at radius 3 is 2.54 bits per heavy atom. The zero-order valence-electron chi connectivity index (χ0n) is 17.5. The largest absolute Gasteiger partial charge is 0.391 e. The average Bonchev–Trinajstić information content (AvgIpc) is 3.14. The Morgan fingerprint density at radius 1 is 1.18 bits per heavy atom. The van der Waals surface area contributed by atoms with Gasteiger partial charge in [-0.25, -0.2) is 0 Å². The second kappa shape index (κ2) is 14.2. The van der Waals surface area contributed by atoms with Gasteiger partial charge >= 0.3 is 0 Å². The monoisotopic (exact) mass is 503 g/mol. The molecule has 3 N–H and O–H groups in total. The van der Waals surface area contributed by atoms with E-state index < -0.39 is 6.10 Å². The van der Waals surface area contributed by atoms with Crippen LogP contribution in [0.2, 0.25) is 0 Å². The van der Waals surface area contributed by atoms with Gasteiger partial charge in [-0.15, -0.1) is 24.0 Å². The molecule has 1 saturated carbocycles. The highest BCUT2D eigenvalue weighted by molar-refractivity contribution is 14.0. The molecule has 1 fully saturated rings. The van der Waals surface area contributed by atoms with Crippen LogP contribution in [0.25, 0.3) is 0 Å². The molecular weight excluding hydrogens is 465 g/mol. The molecule has 0 heterocycles. The lowest BCUT2D eigenvalue weighted by Gasteiger charge is -2.27. The van der Waals surface area contributed by atoms with Crippen LogP contribution in [0.1, 0.15) is 51.5 Å². The van der Waals surface area contributed by atoms with E-state index in [2.05, 4.69) is 17.6 Å². The minimum atomic E-state index is -0.436. The van der Waals surface area contributed by atoms with Gasteiger partial charge in [0.1, 0.15) is 0 Å². The molecular formula is C22H38IN3O2. The number of guanidine groups is 1. The minimum Gasteiger partial charge on any atom is -0.391 e. The maximum Gasteiger partial charge on any atom is 0.191 e. The molecule has 0 radical (unpaired) electrons. The molecule has 1 aromatic carbocycles. The van der Waals surface area contributed by atoms with E-state index in [1.165, 1.54) is 25.7 Å². The van der Waals surface area contributed by atoms with E-state index in [0.717, 1.165) is 44.2 Å². The number of hydrogen-bond acceptors (Lipinski definition) is 3. The molecule has 1 unspecified atom stereocenters. The summed E-state index contributed by atoms with van der Waals surface area (Å²) in [7, 11) is 0. The van der Waals surface area contributed by atoms with Crippen molar-refractivity contribution in [3.63, 3.8) is 0 Å². The molecule has 0 aliphatic heterocycles. The first-order valence-corrected chi connectivity index (χ1v) is 10.5. The van der Waals surface area contributed by atoms with Crippen molar-refractivity contribution in [1.82, 2.24) is 10.6 Å². The first-order valence-electron chi connectivity index (χ1n) is 10.5. The van der Waals surface area contributed by atoms with E-state index in [4.69, 9.17) is 9.73 Å². The number of aliphatic imine (C=N–C) groups is 1. The summed E-state index contributed by atoms with van der Waals surface area (Å²) in [5, 5.41) is 16.9. The summed E-state index contributed by atoms with van der Waals surface area (Å²) in [4.78, 5) is 4.85. The number of nitrogens with zero attached hydrogens (tertiary/aromatic N) is 1. The van der Waals surface area contributed by atoms with Crippen LogP contribution < -0.4 is 10.6 Å². The summed E-state index contributed by atoms with van der Waals surface area (Å²) in [6, 6.07) is 10.1. The van der Waals surface area contributed by atoms with Crippen molar-refractivity contribution in [3.05, 3.63) is 35.9 Å². The lowest BCUT2D eigenvalue weighted by atomic mass is 9.83. The maximum absolute atomic E-state index is 10.3. The molecule has 0 amide bonds. The summed E-state index contributed by atoms with van der Waals surface area (Å²) in [6.07, 6.45) is 6.35. The fourth-order valence-corrected chi connectivity index (χ4v) is 3.81. The van der Waals surface area contributed by atoms with Crippen molar-refractivity contribution >= 4 is 29.9 Å². The van der Waals surface area contributed by atoms with Gasteiger partial charge < -0.3 is 20.5 Å². The summed E-state index contributed by atoms with van der Waals surface area (Å²) in [5.41, 5.74) is 1.43. The van der Waals surface area contributed by atoms with E-state index >= 15 is 0 Å². The maximum atomic E-state index is 10.3. The number of benzene rings is 1. The standard InChI is InChI=1S/C22H37N3O2.HI/c1-3-23-21(24-17-20(26)16-19-10-6-5-7-11-19)25-18-22(12-8-9-13-22)14-15-27-4-2;/h5-7,10-11,20,26H,3-4,8-9,12-18H2,1-2H3,(H2,23,24,25);1H. The van der Waals surface area contributed by atoms with Crippen LogP contribution >= 0.6 is 24.0 Å². The third kappa shape index (κ3) is 9.09. The van der Waals surface area contributed by atoms with Crippen LogP contribution in [-0.4, -0.2) is 50.0 Å². The fraction of sp³-hybridized carbons (Fsp3) is 0.682. The highest BCUT2D eigenvalue weighted by atomic mass is 127. The minimum absolute atomic E-state index is 0. The van der Waals surface area contributed by atoms with Crippen molar-refractivity contribution < 1.29 is 9.84 Å². The van der Waals surface area contributed by atoms with Gasteiger partial charge in [-0.05, 0) is 44.1 Å². The van der Waals surface area contributed by atoms with Gasteiger partial charge in [-0.1, -0.05) is 43.2 Å². The predicted octanol–water partition coefficient (Wildman–Crippen LogP) is 3.75. The van der Waals surface area contributed by atoms with Crippen LogP contribution in [0.15, 0.2) is 35.3 Å². The van der Waals surface area contributed by atoms with Crippen LogP contribution in [0, 0.1) is 5.41 Å². The van der Waals surface area contributed by atoms with Crippen molar-refractivity contribution in [2.24, 2.45) is 10.4 Å². The van der Waals surface area contributed by atoms with Gasteiger partial charge in [0, 0.05) is 39.3 Å². The highest BCUT2D eigenvalue weighted by Gasteiger charge is 2.33. The molecule has 0 saturated heterocycles. The topological polar surface area (TPSA) is 65.9 Å². The zero-order valence-corrected chi connectivity index (χ0v) is 19.8. The van der Waals surface area contributed by atoms with Gasteiger partial charge in [0.25, 0.3) is 0 Å². The normalized spacial score (nSPS) is 17.0. The fourth-order valence-electron chi connectivity index (χ4n) is 3.81. The third-order valence-corrected chi connectivity index (χ3v) is 5.38. The average molecular weight is 503 g/mol. The summed E-state index contributed by atoms with van der Waals surface area (Å²) < 4.78 is 5.60. The number of hydrogen-bond donors (Lipinski definition) is 3. The molecule has 6 heteroatoms. The zero-order chi connectivity index (χ0) is 19.4.